The van der Waals surface area contributed by atoms with Crippen molar-refractivity contribution in [3.8, 4) is 0 Å². The van der Waals surface area contributed by atoms with E-state index >= 15 is 0 Å². The third kappa shape index (κ3) is 3.16. The zero-order valence-electron chi connectivity index (χ0n) is 11.6. The number of rotatable bonds is 6. The van der Waals surface area contributed by atoms with Gasteiger partial charge in [0, 0.05) is 11.5 Å². The van der Waals surface area contributed by atoms with Gasteiger partial charge in [-0.3, -0.25) is 4.79 Å². The van der Waals surface area contributed by atoms with E-state index in [-0.39, 0.29) is 16.8 Å². The van der Waals surface area contributed by atoms with E-state index in [2.05, 4.69) is 30.8 Å². The Labute approximate surface area is 109 Å². The Bertz CT molecular complexity index is 337. The van der Waals surface area contributed by atoms with E-state index in [4.69, 9.17) is 10.3 Å². The zero-order valence-corrected chi connectivity index (χ0v) is 11.6. The maximum Gasteiger partial charge on any atom is 0.312 e. The molecule has 0 heterocycles. The van der Waals surface area contributed by atoms with Crippen molar-refractivity contribution in [3.05, 3.63) is 10.4 Å². The van der Waals surface area contributed by atoms with Crippen LogP contribution in [0, 0.1) is 10.8 Å². The van der Waals surface area contributed by atoms with Gasteiger partial charge in [-0.2, -0.15) is 0 Å². The second-order valence-electron chi connectivity index (χ2n) is 5.98. The molecule has 0 aromatic heterocycles. The van der Waals surface area contributed by atoms with Crippen molar-refractivity contribution < 1.29 is 9.53 Å². The van der Waals surface area contributed by atoms with Crippen LogP contribution in [-0.4, -0.2) is 19.1 Å². The van der Waals surface area contributed by atoms with Gasteiger partial charge in [-0.25, -0.2) is 0 Å². The van der Waals surface area contributed by atoms with Crippen LogP contribution in [0.3, 0.4) is 0 Å². The molecule has 1 aliphatic rings. The fourth-order valence-electron chi connectivity index (χ4n) is 2.42. The molecule has 0 amide bonds. The minimum absolute atomic E-state index is 0.0343. The van der Waals surface area contributed by atoms with Gasteiger partial charge in [0.15, 0.2) is 0 Å². The molecule has 0 aromatic rings. The molecule has 0 unspecified atom stereocenters. The molecule has 0 aliphatic heterocycles. The normalized spacial score (nSPS) is 17.5. The summed E-state index contributed by atoms with van der Waals surface area (Å²) in [5.74, 6) is -0.0509. The van der Waals surface area contributed by atoms with Crippen LogP contribution in [-0.2, 0) is 9.53 Å². The summed E-state index contributed by atoms with van der Waals surface area (Å²) < 4.78 is 5.38. The maximum atomic E-state index is 12.2. The van der Waals surface area contributed by atoms with Gasteiger partial charge >= 0.3 is 5.97 Å². The number of unbranched alkanes of at least 4 members (excludes halogenated alkanes) is 1. The average molecular weight is 253 g/mol. The Morgan fingerprint density at radius 2 is 2.06 bits per heavy atom. The van der Waals surface area contributed by atoms with Gasteiger partial charge in [-0.15, -0.1) is 0 Å². The lowest BCUT2D eigenvalue weighted by Crippen LogP contribution is -2.49. The molecule has 5 nitrogen and oxygen atoms in total. The summed E-state index contributed by atoms with van der Waals surface area (Å²) >= 11 is 0. The average Bonchev–Trinajstić information content (AvgIpc) is 2.19. The molecule has 1 rings (SSSR count). The summed E-state index contributed by atoms with van der Waals surface area (Å²) in [7, 11) is 0. The second kappa shape index (κ2) is 6.10. The van der Waals surface area contributed by atoms with Gasteiger partial charge in [-0.05, 0) is 36.6 Å². The lowest BCUT2D eigenvalue weighted by Gasteiger charge is -2.49. The van der Waals surface area contributed by atoms with Crippen LogP contribution >= 0.6 is 0 Å². The van der Waals surface area contributed by atoms with Crippen LogP contribution in [0.5, 0.6) is 0 Å². The van der Waals surface area contributed by atoms with E-state index in [1.165, 1.54) is 0 Å². The molecule has 0 aromatic carbocycles. The van der Waals surface area contributed by atoms with Crippen LogP contribution in [0.15, 0.2) is 5.11 Å². The molecule has 0 saturated heterocycles. The number of carbonyl (C=O) groups excluding carboxylic acids is 1. The summed E-state index contributed by atoms with van der Waals surface area (Å²) in [4.78, 5) is 14.9. The Balaban J connectivity index is 2.34. The summed E-state index contributed by atoms with van der Waals surface area (Å²) in [6.07, 6.45) is 4.51. The van der Waals surface area contributed by atoms with Crippen molar-refractivity contribution in [1.82, 2.24) is 0 Å². The number of hydrogen-bond acceptors (Lipinski definition) is 3. The third-order valence-corrected chi connectivity index (χ3v) is 3.98. The minimum atomic E-state index is -0.280. The number of hydrogen-bond donors (Lipinski definition) is 0. The van der Waals surface area contributed by atoms with E-state index in [0.717, 1.165) is 32.1 Å². The predicted octanol–water partition coefficient (Wildman–Crippen LogP) is 3.84. The quantitative estimate of drug-likeness (QED) is 0.237. The van der Waals surface area contributed by atoms with Gasteiger partial charge in [0.1, 0.15) is 0 Å². The van der Waals surface area contributed by atoms with Gasteiger partial charge in [0.05, 0.1) is 12.0 Å². The topological polar surface area (TPSA) is 75.1 Å². The van der Waals surface area contributed by atoms with Crippen LogP contribution in [0.25, 0.3) is 10.4 Å². The highest BCUT2D eigenvalue weighted by Crippen LogP contribution is 2.54. The molecular weight excluding hydrogens is 230 g/mol. The molecule has 0 atom stereocenters. The van der Waals surface area contributed by atoms with Crippen molar-refractivity contribution in [3.63, 3.8) is 0 Å². The first-order chi connectivity index (χ1) is 8.44. The standard InChI is InChI=1S/C13H23N3O2/c1-12(2,3)13(7-6-8-13)11(17)18-10-5-4-9-15-16-14/h4-10H2,1-3H3. The molecule has 5 heteroatoms. The molecule has 0 bridgehead atoms. The highest BCUT2D eigenvalue weighted by atomic mass is 16.5. The molecule has 102 valence electrons. The highest BCUT2D eigenvalue weighted by Gasteiger charge is 2.53. The fourth-order valence-corrected chi connectivity index (χ4v) is 2.42. The zero-order chi connectivity index (χ0) is 13.6. The summed E-state index contributed by atoms with van der Waals surface area (Å²) in [5.41, 5.74) is 7.81. The first kappa shape index (κ1) is 14.8. The number of ether oxygens (including phenoxy) is 1. The largest absolute Gasteiger partial charge is 0.465 e. The lowest BCUT2D eigenvalue weighted by atomic mass is 9.55. The Morgan fingerprint density at radius 1 is 1.39 bits per heavy atom. The Hall–Kier alpha value is -1.22. The monoisotopic (exact) mass is 253 g/mol. The Morgan fingerprint density at radius 3 is 2.50 bits per heavy atom. The van der Waals surface area contributed by atoms with Gasteiger partial charge in [0.25, 0.3) is 0 Å². The minimum Gasteiger partial charge on any atom is -0.465 e. The number of nitrogens with zero attached hydrogens (tertiary/aromatic N) is 3. The first-order valence-corrected chi connectivity index (χ1v) is 6.62. The van der Waals surface area contributed by atoms with Crippen molar-refractivity contribution in [2.45, 2.75) is 52.9 Å². The Kier molecular flexibility index (Phi) is 5.03. The van der Waals surface area contributed by atoms with Gasteiger partial charge in [0.2, 0.25) is 0 Å². The molecule has 18 heavy (non-hydrogen) atoms. The molecule has 1 saturated carbocycles. The van der Waals surface area contributed by atoms with Gasteiger partial charge < -0.3 is 4.74 Å². The van der Waals surface area contributed by atoms with Crippen molar-refractivity contribution in [2.75, 3.05) is 13.2 Å². The second-order valence-corrected chi connectivity index (χ2v) is 5.98. The molecule has 1 aliphatic carbocycles. The number of azide groups is 1. The van der Waals surface area contributed by atoms with E-state index in [9.17, 15) is 4.79 Å². The molecule has 1 fully saturated rings. The predicted molar refractivity (Wildman–Crippen MR) is 69.9 cm³/mol. The van der Waals surface area contributed by atoms with Crippen molar-refractivity contribution in [2.24, 2.45) is 15.9 Å². The molecular formula is C13H23N3O2. The van der Waals surface area contributed by atoms with E-state index in [0.29, 0.717) is 13.2 Å². The van der Waals surface area contributed by atoms with Crippen LogP contribution < -0.4 is 0 Å². The summed E-state index contributed by atoms with van der Waals surface area (Å²) in [6.45, 7) is 7.22. The summed E-state index contributed by atoms with van der Waals surface area (Å²) in [6, 6.07) is 0. The fraction of sp³-hybridized carbons (Fsp3) is 0.923. The molecule has 0 N–H and O–H groups in total. The van der Waals surface area contributed by atoms with E-state index in [1.807, 2.05) is 0 Å². The number of esters is 1. The summed E-state index contributed by atoms with van der Waals surface area (Å²) in [5, 5.41) is 3.44. The smallest absolute Gasteiger partial charge is 0.312 e. The van der Waals surface area contributed by atoms with Crippen LogP contribution in [0.2, 0.25) is 0 Å². The van der Waals surface area contributed by atoms with E-state index < -0.39 is 0 Å². The van der Waals surface area contributed by atoms with Crippen molar-refractivity contribution >= 4 is 5.97 Å². The van der Waals surface area contributed by atoms with E-state index in [1.54, 1.807) is 0 Å². The van der Waals surface area contributed by atoms with Crippen LogP contribution in [0.1, 0.15) is 52.9 Å². The first-order valence-electron chi connectivity index (χ1n) is 6.62. The highest BCUT2D eigenvalue weighted by molar-refractivity contribution is 5.78. The van der Waals surface area contributed by atoms with Gasteiger partial charge in [-0.1, -0.05) is 32.3 Å². The maximum absolute atomic E-state index is 12.2. The lowest BCUT2D eigenvalue weighted by molar-refractivity contribution is -0.172. The third-order valence-electron chi connectivity index (χ3n) is 3.98. The molecule has 0 radical (unpaired) electrons. The molecule has 0 spiro atoms. The SMILES string of the molecule is CC(C)(C)C1(C(=O)OCCCCN=[N+]=[N-])CCC1. The van der Waals surface area contributed by atoms with Crippen LogP contribution in [0.4, 0.5) is 0 Å². The van der Waals surface area contributed by atoms with Crippen molar-refractivity contribution in [1.29, 1.82) is 0 Å². The number of carbonyl (C=O) groups is 1.